The average molecular weight is 526 g/mol. The monoisotopic (exact) mass is 525 g/mol. The molecular weight excluding hydrogens is 494 g/mol. The number of rotatable bonds is 7. The number of anilines is 1. The van der Waals surface area contributed by atoms with Gasteiger partial charge in [0, 0.05) is 37.3 Å². The first-order valence-electron chi connectivity index (χ1n) is 13.1. The minimum absolute atomic E-state index is 0.143. The van der Waals surface area contributed by atoms with Crippen molar-refractivity contribution in [3.05, 3.63) is 99.5 Å². The Morgan fingerprint density at radius 1 is 1.03 bits per heavy atom. The van der Waals surface area contributed by atoms with Gasteiger partial charge in [0.1, 0.15) is 24.1 Å². The number of tetrazole rings is 1. The third kappa shape index (κ3) is 4.79. The highest BCUT2D eigenvalue weighted by atomic mass is 16.5. The highest BCUT2D eigenvalue weighted by Crippen LogP contribution is 2.32. The molecule has 0 saturated carbocycles. The number of hydrogen-bond acceptors (Lipinski definition) is 8. The molecule has 6 rings (SSSR count). The molecule has 10 nitrogen and oxygen atoms in total. The molecule has 1 N–H and O–H groups in total. The molecule has 5 aromatic rings. The SMILES string of the molecule is COc1ccccc1N1CCN([C@H](c2cc3cc(C)c(C)cc3[nH]c2=O)c2nnnn2Cc2ccco2)CC1. The van der Waals surface area contributed by atoms with E-state index in [1.54, 1.807) is 18.1 Å². The van der Waals surface area contributed by atoms with Crippen LogP contribution in [0.5, 0.6) is 5.75 Å². The maximum absolute atomic E-state index is 13.6. The molecule has 1 atom stereocenters. The van der Waals surface area contributed by atoms with Gasteiger partial charge < -0.3 is 19.0 Å². The summed E-state index contributed by atoms with van der Waals surface area (Å²) in [7, 11) is 1.69. The van der Waals surface area contributed by atoms with E-state index in [1.807, 2.05) is 49.4 Å². The molecule has 1 saturated heterocycles. The van der Waals surface area contributed by atoms with Crippen molar-refractivity contribution in [2.45, 2.75) is 26.4 Å². The number of nitrogens with one attached hydrogen (secondary N) is 1. The van der Waals surface area contributed by atoms with Gasteiger partial charge in [-0.2, -0.15) is 0 Å². The average Bonchev–Trinajstić information content (AvgIpc) is 3.63. The summed E-state index contributed by atoms with van der Waals surface area (Å²) in [4.78, 5) is 21.3. The third-order valence-corrected chi connectivity index (χ3v) is 7.58. The Hall–Kier alpha value is -4.44. The van der Waals surface area contributed by atoms with Gasteiger partial charge in [-0.1, -0.05) is 12.1 Å². The van der Waals surface area contributed by atoms with E-state index in [2.05, 4.69) is 49.4 Å². The van der Waals surface area contributed by atoms with Gasteiger partial charge in [-0.05, 0) is 83.3 Å². The molecule has 200 valence electrons. The van der Waals surface area contributed by atoms with Crippen LogP contribution in [0.3, 0.4) is 0 Å². The number of aromatic amines is 1. The Labute approximate surface area is 225 Å². The molecule has 39 heavy (non-hydrogen) atoms. The molecule has 0 unspecified atom stereocenters. The molecule has 2 aromatic carbocycles. The summed E-state index contributed by atoms with van der Waals surface area (Å²) in [5.41, 5.74) is 4.67. The molecule has 0 spiro atoms. The fourth-order valence-corrected chi connectivity index (χ4v) is 5.38. The first-order chi connectivity index (χ1) is 19.0. The standard InChI is InChI=1S/C29H31N7O3/c1-19-15-21-17-23(29(37)30-24(21)16-20(19)2)27(28-31-32-33-36(28)18-22-7-6-14-39-22)35-12-10-34(11-13-35)25-8-4-5-9-26(25)38-3/h4-9,14-17,27H,10-13,18H2,1-3H3,(H,30,37)/t27-/m1/s1. The normalized spacial score (nSPS) is 15.1. The largest absolute Gasteiger partial charge is 0.495 e. The number of H-pyrrole nitrogens is 1. The second-order valence-corrected chi connectivity index (χ2v) is 9.95. The summed E-state index contributed by atoms with van der Waals surface area (Å²) in [6.45, 7) is 7.45. The van der Waals surface area contributed by atoms with E-state index in [4.69, 9.17) is 9.15 Å². The molecule has 0 bridgehead atoms. The number of para-hydroxylation sites is 2. The summed E-state index contributed by atoms with van der Waals surface area (Å²) in [6, 6.07) is 17.5. The minimum atomic E-state index is -0.440. The zero-order valence-electron chi connectivity index (χ0n) is 22.3. The predicted molar refractivity (Wildman–Crippen MR) is 148 cm³/mol. The molecule has 10 heteroatoms. The van der Waals surface area contributed by atoms with E-state index < -0.39 is 6.04 Å². The lowest BCUT2D eigenvalue weighted by molar-refractivity contribution is 0.199. The molecule has 0 aliphatic carbocycles. The van der Waals surface area contributed by atoms with E-state index in [1.165, 1.54) is 5.56 Å². The predicted octanol–water partition coefficient (Wildman–Crippen LogP) is 3.69. The van der Waals surface area contributed by atoms with E-state index >= 15 is 0 Å². The Morgan fingerprint density at radius 3 is 2.59 bits per heavy atom. The van der Waals surface area contributed by atoms with Gasteiger partial charge in [0.25, 0.3) is 5.56 Å². The van der Waals surface area contributed by atoms with Crippen molar-refractivity contribution in [2.75, 3.05) is 38.2 Å². The lowest BCUT2D eigenvalue weighted by Gasteiger charge is -2.40. The fourth-order valence-electron chi connectivity index (χ4n) is 5.38. The number of hydrogen-bond donors (Lipinski definition) is 1. The lowest BCUT2D eigenvalue weighted by atomic mass is 10.00. The number of benzene rings is 2. The number of aryl methyl sites for hydroxylation is 2. The molecule has 4 heterocycles. The minimum Gasteiger partial charge on any atom is -0.495 e. The Morgan fingerprint density at radius 2 is 1.82 bits per heavy atom. The van der Waals surface area contributed by atoms with Gasteiger partial charge in [0.2, 0.25) is 0 Å². The highest BCUT2D eigenvalue weighted by molar-refractivity contribution is 5.81. The third-order valence-electron chi connectivity index (χ3n) is 7.58. The van der Waals surface area contributed by atoms with E-state index in [9.17, 15) is 4.79 Å². The van der Waals surface area contributed by atoms with Crippen molar-refractivity contribution in [1.82, 2.24) is 30.1 Å². The zero-order valence-corrected chi connectivity index (χ0v) is 22.3. The molecular formula is C29H31N7O3. The van der Waals surface area contributed by atoms with Crippen LogP contribution in [0, 0.1) is 13.8 Å². The van der Waals surface area contributed by atoms with Crippen LogP contribution in [0.2, 0.25) is 0 Å². The number of furan rings is 1. The number of nitrogens with zero attached hydrogens (tertiary/aromatic N) is 6. The van der Waals surface area contributed by atoms with Crippen molar-refractivity contribution in [3.63, 3.8) is 0 Å². The van der Waals surface area contributed by atoms with Gasteiger partial charge >= 0.3 is 0 Å². The van der Waals surface area contributed by atoms with Gasteiger partial charge in [0.05, 0.1) is 19.1 Å². The van der Waals surface area contributed by atoms with E-state index in [0.717, 1.165) is 46.8 Å². The summed E-state index contributed by atoms with van der Waals surface area (Å²) >= 11 is 0. The number of methoxy groups -OCH3 is 1. The van der Waals surface area contributed by atoms with Crippen molar-refractivity contribution in [1.29, 1.82) is 0 Å². The van der Waals surface area contributed by atoms with Crippen LogP contribution in [0.15, 0.2) is 70.1 Å². The maximum Gasteiger partial charge on any atom is 0.253 e. The van der Waals surface area contributed by atoms with Crippen LogP contribution in [0.25, 0.3) is 10.9 Å². The maximum atomic E-state index is 13.6. The van der Waals surface area contributed by atoms with Gasteiger partial charge in [-0.3, -0.25) is 9.69 Å². The van der Waals surface area contributed by atoms with Crippen LogP contribution in [-0.4, -0.2) is 63.4 Å². The molecule has 3 aromatic heterocycles. The molecule has 1 aliphatic rings. The first kappa shape index (κ1) is 24.9. The van der Waals surface area contributed by atoms with Crippen molar-refractivity contribution >= 4 is 16.6 Å². The summed E-state index contributed by atoms with van der Waals surface area (Å²) in [5.74, 6) is 2.19. The number of pyridine rings is 1. The molecule has 0 amide bonds. The quantitative estimate of drug-likeness (QED) is 0.343. The Bertz CT molecular complexity index is 1650. The van der Waals surface area contributed by atoms with E-state index in [-0.39, 0.29) is 5.56 Å². The Kier molecular flexibility index (Phi) is 6.62. The van der Waals surface area contributed by atoms with E-state index in [0.29, 0.717) is 31.0 Å². The number of aromatic nitrogens is 5. The number of ether oxygens (including phenoxy) is 1. The Balaban J connectivity index is 1.39. The summed E-state index contributed by atoms with van der Waals surface area (Å²) < 4.78 is 12.9. The first-order valence-corrected chi connectivity index (χ1v) is 13.1. The second-order valence-electron chi connectivity index (χ2n) is 9.95. The van der Waals surface area contributed by atoms with Crippen molar-refractivity contribution in [3.8, 4) is 5.75 Å². The number of piperazine rings is 1. The van der Waals surface area contributed by atoms with Crippen molar-refractivity contribution in [2.24, 2.45) is 0 Å². The molecule has 1 fully saturated rings. The summed E-state index contributed by atoms with van der Waals surface area (Å²) in [5, 5.41) is 13.7. The van der Waals surface area contributed by atoms with Crippen LogP contribution in [0.4, 0.5) is 5.69 Å². The van der Waals surface area contributed by atoms with Gasteiger partial charge in [0.15, 0.2) is 5.82 Å². The smallest absolute Gasteiger partial charge is 0.253 e. The van der Waals surface area contributed by atoms with Crippen LogP contribution in [-0.2, 0) is 6.54 Å². The van der Waals surface area contributed by atoms with Crippen LogP contribution in [0.1, 0.15) is 34.3 Å². The van der Waals surface area contributed by atoms with Crippen LogP contribution >= 0.6 is 0 Å². The lowest BCUT2D eigenvalue weighted by Crippen LogP contribution is -2.49. The summed E-state index contributed by atoms with van der Waals surface area (Å²) in [6.07, 6.45) is 1.63. The second kappa shape index (κ2) is 10.4. The molecule has 0 radical (unpaired) electrons. The molecule has 1 aliphatic heterocycles. The van der Waals surface area contributed by atoms with Gasteiger partial charge in [-0.15, -0.1) is 5.10 Å². The van der Waals surface area contributed by atoms with Crippen LogP contribution < -0.4 is 15.2 Å². The van der Waals surface area contributed by atoms with Crippen molar-refractivity contribution < 1.29 is 9.15 Å². The number of fused-ring (bicyclic) bond motifs is 1. The fraction of sp³-hybridized carbons (Fsp3) is 0.310. The van der Waals surface area contributed by atoms with Gasteiger partial charge in [-0.25, -0.2) is 4.68 Å². The highest BCUT2D eigenvalue weighted by Gasteiger charge is 2.33. The topological polar surface area (TPSA) is 105 Å². The zero-order chi connectivity index (χ0) is 26.9.